The first-order valence-electron chi connectivity index (χ1n) is 7.03. The number of carbonyl (C=O) groups is 2. The molecule has 0 aliphatic carbocycles. The van der Waals surface area contributed by atoms with Crippen LogP contribution in [0.25, 0.3) is 0 Å². The van der Waals surface area contributed by atoms with E-state index >= 15 is 0 Å². The van der Waals surface area contributed by atoms with E-state index in [2.05, 4.69) is 10.6 Å². The first-order chi connectivity index (χ1) is 9.56. The molecule has 0 unspecified atom stereocenters. The molecular formula is C14H23ClN4O2. The highest BCUT2D eigenvalue weighted by molar-refractivity contribution is 5.95. The van der Waals surface area contributed by atoms with E-state index in [0.29, 0.717) is 23.7 Å². The van der Waals surface area contributed by atoms with Crippen LogP contribution >= 0.6 is 12.4 Å². The molecule has 2 rings (SSSR count). The zero-order chi connectivity index (χ0) is 14.5. The van der Waals surface area contributed by atoms with Gasteiger partial charge in [-0.25, -0.2) is 0 Å². The standard InChI is InChI=1S/C14H22N4O2.ClH/c1-18-9-11(8-12(18)14(15)20)17-13(19)3-2-10-4-6-16-7-5-10;/h8-10,16H,2-7H2,1H3,(H2,15,20)(H,17,19);1H. The van der Waals surface area contributed by atoms with E-state index < -0.39 is 5.91 Å². The number of primary amides is 1. The number of aromatic nitrogens is 1. The third kappa shape index (κ3) is 5.06. The summed E-state index contributed by atoms with van der Waals surface area (Å²) in [4.78, 5) is 23.0. The van der Waals surface area contributed by atoms with Gasteiger partial charge in [-0.3, -0.25) is 9.59 Å². The van der Waals surface area contributed by atoms with Gasteiger partial charge in [0.2, 0.25) is 5.91 Å². The van der Waals surface area contributed by atoms with Gasteiger partial charge in [0.15, 0.2) is 0 Å². The number of piperidine rings is 1. The Balaban J connectivity index is 0.00000220. The van der Waals surface area contributed by atoms with Gasteiger partial charge in [-0.2, -0.15) is 0 Å². The minimum Gasteiger partial charge on any atom is -0.364 e. The average molecular weight is 315 g/mol. The molecule has 1 aliphatic heterocycles. The summed E-state index contributed by atoms with van der Waals surface area (Å²) in [6, 6.07) is 1.60. The predicted molar refractivity (Wildman–Crippen MR) is 84.6 cm³/mol. The van der Waals surface area contributed by atoms with Crippen LogP contribution in [-0.4, -0.2) is 29.5 Å². The van der Waals surface area contributed by atoms with Gasteiger partial charge in [0.25, 0.3) is 5.91 Å². The monoisotopic (exact) mass is 314 g/mol. The Bertz CT molecular complexity index is 495. The number of nitrogens with zero attached hydrogens (tertiary/aromatic N) is 1. The van der Waals surface area contributed by atoms with Gasteiger partial charge in [-0.05, 0) is 44.3 Å². The zero-order valence-electron chi connectivity index (χ0n) is 12.2. The first kappa shape index (κ1) is 17.5. The van der Waals surface area contributed by atoms with Crippen LogP contribution in [0.4, 0.5) is 5.69 Å². The van der Waals surface area contributed by atoms with Crippen LogP contribution in [0.3, 0.4) is 0 Å². The number of nitrogens with two attached hydrogens (primary N) is 1. The Morgan fingerprint density at radius 2 is 2.10 bits per heavy atom. The van der Waals surface area contributed by atoms with Crippen molar-refractivity contribution in [1.29, 1.82) is 0 Å². The van der Waals surface area contributed by atoms with Crippen LogP contribution in [0.15, 0.2) is 12.3 Å². The predicted octanol–water partition coefficient (Wildman–Crippen LogP) is 1.26. The maximum atomic E-state index is 11.9. The molecule has 6 nitrogen and oxygen atoms in total. The highest BCUT2D eigenvalue weighted by Crippen LogP contribution is 2.19. The maximum absolute atomic E-state index is 11.9. The number of hydrogen-bond donors (Lipinski definition) is 3. The van der Waals surface area contributed by atoms with Gasteiger partial charge in [0, 0.05) is 19.7 Å². The number of aryl methyl sites for hydroxylation is 1. The number of carbonyl (C=O) groups excluding carboxylic acids is 2. The molecule has 2 heterocycles. The van der Waals surface area contributed by atoms with E-state index in [1.165, 1.54) is 0 Å². The van der Waals surface area contributed by atoms with Gasteiger partial charge in [-0.15, -0.1) is 12.4 Å². The van der Waals surface area contributed by atoms with Crippen molar-refractivity contribution in [3.05, 3.63) is 18.0 Å². The van der Waals surface area contributed by atoms with Gasteiger partial charge >= 0.3 is 0 Å². The third-order valence-electron chi connectivity index (χ3n) is 3.78. The number of hydrogen-bond acceptors (Lipinski definition) is 3. The quantitative estimate of drug-likeness (QED) is 0.764. The fraction of sp³-hybridized carbons (Fsp3) is 0.571. The van der Waals surface area contributed by atoms with Crippen LogP contribution in [-0.2, 0) is 11.8 Å². The van der Waals surface area contributed by atoms with E-state index in [0.717, 1.165) is 32.4 Å². The van der Waals surface area contributed by atoms with Gasteiger partial charge in [0.05, 0.1) is 5.69 Å². The van der Waals surface area contributed by atoms with Gasteiger partial charge < -0.3 is 20.9 Å². The second-order valence-corrected chi connectivity index (χ2v) is 5.37. The van der Waals surface area contributed by atoms with Crippen LogP contribution in [0.1, 0.15) is 36.2 Å². The van der Waals surface area contributed by atoms with E-state index in [9.17, 15) is 9.59 Å². The molecule has 4 N–H and O–H groups in total. The fourth-order valence-corrected chi connectivity index (χ4v) is 2.61. The summed E-state index contributed by atoms with van der Waals surface area (Å²) >= 11 is 0. The van der Waals surface area contributed by atoms with Crippen molar-refractivity contribution in [3.8, 4) is 0 Å². The average Bonchev–Trinajstić information content (AvgIpc) is 2.78. The van der Waals surface area contributed by atoms with Crippen LogP contribution < -0.4 is 16.4 Å². The third-order valence-corrected chi connectivity index (χ3v) is 3.78. The molecule has 1 aromatic rings. The van der Waals surface area contributed by atoms with Gasteiger partial charge in [-0.1, -0.05) is 0 Å². The molecule has 0 bridgehead atoms. The number of anilines is 1. The van der Waals surface area contributed by atoms with Gasteiger partial charge in [0.1, 0.15) is 5.69 Å². The second kappa shape index (κ2) is 8.05. The molecule has 1 aliphatic rings. The normalized spacial score (nSPS) is 15.3. The zero-order valence-corrected chi connectivity index (χ0v) is 13.0. The smallest absolute Gasteiger partial charge is 0.265 e. The van der Waals surface area contributed by atoms with Crippen LogP contribution in [0.2, 0.25) is 0 Å². The molecule has 2 amide bonds. The summed E-state index contributed by atoms with van der Waals surface area (Å²) < 4.78 is 1.62. The molecule has 1 fully saturated rings. The number of rotatable bonds is 5. The van der Waals surface area contributed by atoms with Crippen molar-refractivity contribution < 1.29 is 9.59 Å². The largest absolute Gasteiger partial charge is 0.364 e. The topological polar surface area (TPSA) is 89.2 Å². The SMILES string of the molecule is Cl.Cn1cc(NC(=O)CCC2CCNCC2)cc1C(N)=O. The lowest BCUT2D eigenvalue weighted by atomic mass is 9.93. The Hall–Kier alpha value is -1.53. The molecule has 21 heavy (non-hydrogen) atoms. The summed E-state index contributed by atoms with van der Waals surface area (Å²) in [6.07, 6.45) is 5.42. The van der Waals surface area contributed by atoms with Crippen molar-refractivity contribution in [2.75, 3.05) is 18.4 Å². The highest BCUT2D eigenvalue weighted by atomic mass is 35.5. The first-order valence-corrected chi connectivity index (χ1v) is 7.03. The van der Waals surface area contributed by atoms with Crippen molar-refractivity contribution in [2.45, 2.75) is 25.7 Å². The molecule has 1 saturated heterocycles. The fourth-order valence-electron chi connectivity index (χ4n) is 2.61. The van der Waals surface area contributed by atoms with Crippen molar-refractivity contribution in [2.24, 2.45) is 18.7 Å². The molecular weight excluding hydrogens is 292 g/mol. The number of amides is 2. The minimum atomic E-state index is -0.497. The molecule has 118 valence electrons. The summed E-state index contributed by atoms with van der Waals surface area (Å²) in [6.45, 7) is 2.10. The molecule has 0 radical (unpaired) electrons. The Morgan fingerprint density at radius 1 is 1.43 bits per heavy atom. The molecule has 1 aromatic heterocycles. The maximum Gasteiger partial charge on any atom is 0.265 e. The van der Waals surface area contributed by atoms with Crippen LogP contribution in [0.5, 0.6) is 0 Å². The minimum absolute atomic E-state index is 0. The second-order valence-electron chi connectivity index (χ2n) is 5.37. The van der Waals surface area contributed by atoms with E-state index in [1.807, 2.05) is 0 Å². The Morgan fingerprint density at radius 3 is 2.67 bits per heavy atom. The summed E-state index contributed by atoms with van der Waals surface area (Å²) in [5.41, 5.74) is 6.25. The lowest BCUT2D eigenvalue weighted by Crippen LogP contribution is -2.28. The molecule has 0 aromatic carbocycles. The molecule has 7 heteroatoms. The lowest BCUT2D eigenvalue weighted by Gasteiger charge is -2.22. The summed E-state index contributed by atoms with van der Waals surface area (Å²) in [5.74, 6) is 0.131. The van der Waals surface area contributed by atoms with E-state index in [1.54, 1.807) is 23.9 Å². The number of nitrogens with one attached hydrogen (secondary N) is 2. The Labute approximate surface area is 130 Å². The summed E-state index contributed by atoms with van der Waals surface area (Å²) in [5, 5.41) is 6.13. The van der Waals surface area contributed by atoms with Crippen molar-refractivity contribution >= 4 is 29.9 Å². The van der Waals surface area contributed by atoms with Crippen LogP contribution in [0, 0.1) is 5.92 Å². The molecule has 0 saturated carbocycles. The van der Waals surface area contributed by atoms with E-state index in [4.69, 9.17) is 5.73 Å². The molecule has 0 atom stereocenters. The Kier molecular flexibility index (Phi) is 6.71. The molecule has 0 spiro atoms. The summed E-state index contributed by atoms with van der Waals surface area (Å²) in [7, 11) is 1.73. The highest BCUT2D eigenvalue weighted by Gasteiger charge is 2.15. The van der Waals surface area contributed by atoms with Crippen molar-refractivity contribution in [3.63, 3.8) is 0 Å². The van der Waals surface area contributed by atoms with Crippen molar-refractivity contribution in [1.82, 2.24) is 9.88 Å². The lowest BCUT2D eigenvalue weighted by molar-refractivity contribution is -0.116. The number of halogens is 1. The van der Waals surface area contributed by atoms with E-state index in [-0.39, 0.29) is 18.3 Å².